The van der Waals surface area contributed by atoms with Crippen LogP contribution in [0.2, 0.25) is 0 Å². The standard InChI is InChI=1S/C15H17BrN2O2S/c1-18(2)11-12-6-5-7-13(10-12)17-21(19,20)15-9-4-3-8-14(15)16/h3-10,17H,11H2,1-2H3. The SMILES string of the molecule is CN(C)Cc1cccc(NS(=O)(=O)c2ccccc2Br)c1. The van der Waals surface area contributed by atoms with Crippen molar-refractivity contribution in [2.45, 2.75) is 11.4 Å². The highest BCUT2D eigenvalue weighted by atomic mass is 79.9. The zero-order valence-electron chi connectivity index (χ0n) is 11.9. The minimum Gasteiger partial charge on any atom is -0.305 e. The van der Waals surface area contributed by atoms with Crippen molar-refractivity contribution in [3.63, 3.8) is 0 Å². The van der Waals surface area contributed by atoms with Crippen molar-refractivity contribution in [1.82, 2.24) is 4.90 Å². The molecule has 0 aromatic heterocycles. The van der Waals surface area contributed by atoms with Crippen LogP contribution < -0.4 is 4.72 Å². The van der Waals surface area contributed by atoms with Crippen LogP contribution in [0, 0.1) is 0 Å². The van der Waals surface area contributed by atoms with Crippen molar-refractivity contribution in [2.24, 2.45) is 0 Å². The Bertz CT molecular complexity index is 730. The van der Waals surface area contributed by atoms with Gasteiger partial charge in [0.2, 0.25) is 0 Å². The maximum Gasteiger partial charge on any atom is 0.263 e. The fourth-order valence-electron chi connectivity index (χ4n) is 1.97. The van der Waals surface area contributed by atoms with E-state index in [4.69, 9.17) is 0 Å². The van der Waals surface area contributed by atoms with Crippen molar-refractivity contribution < 1.29 is 8.42 Å². The molecule has 2 rings (SSSR count). The lowest BCUT2D eigenvalue weighted by atomic mass is 10.2. The second kappa shape index (κ2) is 6.60. The maximum atomic E-state index is 12.4. The van der Waals surface area contributed by atoms with Crippen molar-refractivity contribution in [2.75, 3.05) is 18.8 Å². The smallest absolute Gasteiger partial charge is 0.263 e. The molecule has 0 aliphatic heterocycles. The number of sulfonamides is 1. The fraction of sp³-hybridized carbons (Fsp3) is 0.200. The van der Waals surface area contributed by atoms with E-state index in [9.17, 15) is 8.42 Å². The van der Waals surface area contributed by atoms with E-state index in [-0.39, 0.29) is 4.90 Å². The topological polar surface area (TPSA) is 49.4 Å². The molecule has 4 nitrogen and oxygen atoms in total. The van der Waals surface area contributed by atoms with Crippen LogP contribution in [0.15, 0.2) is 57.9 Å². The first kappa shape index (κ1) is 16.0. The first-order valence-electron chi connectivity index (χ1n) is 6.39. The average Bonchev–Trinajstić information content (AvgIpc) is 2.38. The second-order valence-corrected chi connectivity index (χ2v) is 7.48. The van der Waals surface area contributed by atoms with E-state index in [0.717, 1.165) is 12.1 Å². The normalized spacial score (nSPS) is 11.6. The molecule has 0 amide bonds. The zero-order chi connectivity index (χ0) is 15.5. The number of halogens is 1. The number of anilines is 1. The molecule has 0 radical (unpaired) electrons. The molecule has 0 bridgehead atoms. The van der Waals surface area contributed by atoms with Crippen LogP contribution in [0.5, 0.6) is 0 Å². The minimum absolute atomic E-state index is 0.225. The van der Waals surface area contributed by atoms with Crippen molar-refractivity contribution in [1.29, 1.82) is 0 Å². The van der Waals surface area contributed by atoms with Gasteiger partial charge in [0, 0.05) is 16.7 Å². The Morgan fingerprint density at radius 3 is 2.48 bits per heavy atom. The average molecular weight is 369 g/mol. The third-order valence-electron chi connectivity index (χ3n) is 2.80. The Labute approximate surface area is 134 Å². The highest BCUT2D eigenvalue weighted by Crippen LogP contribution is 2.24. The van der Waals surface area contributed by atoms with Crippen LogP contribution in [-0.4, -0.2) is 27.4 Å². The molecular formula is C15H17BrN2O2S. The molecule has 112 valence electrons. The first-order valence-corrected chi connectivity index (χ1v) is 8.67. The van der Waals surface area contributed by atoms with Gasteiger partial charge in [-0.05, 0) is 59.9 Å². The van der Waals surface area contributed by atoms with E-state index < -0.39 is 10.0 Å². The van der Waals surface area contributed by atoms with Gasteiger partial charge in [0.05, 0.1) is 0 Å². The van der Waals surface area contributed by atoms with Gasteiger partial charge in [0.1, 0.15) is 4.90 Å². The number of nitrogens with one attached hydrogen (secondary N) is 1. The van der Waals surface area contributed by atoms with Crippen LogP contribution in [0.3, 0.4) is 0 Å². The Hall–Kier alpha value is -1.37. The Kier molecular flexibility index (Phi) is 5.03. The summed E-state index contributed by atoms with van der Waals surface area (Å²) in [5, 5.41) is 0. The molecule has 2 aromatic carbocycles. The van der Waals surface area contributed by atoms with Crippen molar-refractivity contribution in [3.05, 3.63) is 58.6 Å². The summed E-state index contributed by atoms with van der Waals surface area (Å²) in [6.07, 6.45) is 0. The summed E-state index contributed by atoms with van der Waals surface area (Å²) in [5.41, 5.74) is 1.61. The number of hydrogen-bond donors (Lipinski definition) is 1. The summed E-state index contributed by atoms with van der Waals surface area (Å²) in [6, 6.07) is 14.1. The molecule has 6 heteroatoms. The highest BCUT2D eigenvalue weighted by Gasteiger charge is 2.17. The van der Waals surface area contributed by atoms with Gasteiger partial charge in [-0.2, -0.15) is 0 Å². The molecule has 1 N–H and O–H groups in total. The van der Waals surface area contributed by atoms with E-state index >= 15 is 0 Å². The highest BCUT2D eigenvalue weighted by molar-refractivity contribution is 9.10. The van der Waals surface area contributed by atoms with Crippen LogP contribution in [-0.2, 0) is 16.6 Å². The lowest BCUT2D eigenvalue weighted by molar-refractivity contribution is 0.402. The van der Waals surface area contributed by atoms with E-state index in [1.54, 1.807) is 30.3 Å². The Morgan fingerprint density at radius 2 is 1.81 bits per heavy atom. The summed E-state index contributed by atoms with van der Waals surface area (Å²) >= 11 is 3.27. The minimum atomic E-state index is -3.60. The first-order chi connectivity index (χ1) is 9.88. The number of benzene rings is 2. The monoisotopic (exact) mass is 368 g/mol. The molecule has 0 saturated heterocycles. The predicted octanol–water partition coefficient (Wildman–Crippen LogP) is 3.31. The van der Waals surface area contributed by atoms with Crippen LogP contribution in [0.1, 0.15) is 5.56 Å². The van der Waals surface area contributed by atoms with E-state index in [0.29, 0.717) is 10.2 Å². The van der Waals surface area contributed by atoms with Crippen LogP contribution in [0.4, 0.5) is 5.69 Å². The molecule has 0 heterocycles. The molecule has 0 aliphatic rings. The lowest BCUT2D eigenvalue weighted by Crippen LogP contribution is -2.14. The maximum absolute atomic E-state index is 12.4. The van der Waals surface area contributed by atoms with Gasteiger partial charge in [-0.25, -0.2) is 8.42 Å². The summed E-state index contributed by atoms with van der Waals surface area (Å²) in [5.74, 6) is 0. The molecule has 0 spiro atoms. The Balaban J connectivity index is 2.27. The molecule has 0 aliphatic carbocycles. The molecule has 0 fully saturated rings. The third kappa shape index (κ3) is 4.30. The predicted molar refractivity (Wildman–Crippen MR) is 88.8 cm³/mol. The van der Waals surface area contributed by atoms with E-state index in [1.807, 2.05) is 37.2 Å². The number of rotatable bonds is 5. The third-order valence-corrected chi connectivity index (χ3v) is 5.20. The van der Waals surface area contributed by atoms with E-state index in [2.05, 4.69) is 20.7 Å². The quantitative estimate of drug-likeness (QED) is 0.880. The van der Waals surface area contributed by atoms with Gasteiger partial charge in [-0.15, -0.1) is 0 Å². The number of hydrogen-bond acceptors (Lipinski definition) is 3. The van der Waals surface area contributed by atoms with Gasteiger partial charge in [-0.1, -0.05) is 24.3 Å². The van der Waals surface area contributed by atoms with E-state index in [1.165, 1.54) is 0 Å². The van der Waals surface area contributed by atoms with Crippen LogP contribution >= 0.6 is 15.9 Å². The molecule has 2 aromatic rings. The fourth-order valence-corrected chi connectivity index (χ4v) is 4.02. The van der Waals surface area contributed by atoms with Crippen molar-refractivity contribution >= 4 is 31.6 Å². The van der Waals surface area contributed by atoms with Gasteiger partial charge < -0.3 is 4.90 Å². The molecule has 0 saturated carbocycles. The van der Waals surface area contributed by atoms with Crippen molar-refractivity contribution in [3.8, 4) is 0 Å². The second-order valence-electron chi connectivity index (χ2n) is 4.97. The summed E-state index contributed by atoms with van der Waals surface area (Å²) < 4.78 is 28.0. The summed E-state index contributed by atoms with van der Waals surface area (Å²) in [6.45, 7) is 0.755. The molecule has 0 atom stereocenters. The summed E-state index contributed by atoms with van der Waals surface area (Å²) in [7, 11) is 0.341. The van der Waals surface area contributed by atoms with Gasteiger partial charge in [0.15, 0.2) is 0 Å². The lowest BCUT2D eigenvalue weighted by Gasteiger charge is -2.13. The zero-order valence-corrected chi connectivity index (χ0v) is 14.3. The van der Waals surface area contributed by atoms with Gasteiger partial charge in [0.25, 0.3) is 10.0 Å². The molecular weight excluding hydrogens is 352 g/mol. The molecule has 21 heavy (non-hydrogen) atoms. The Morgan fingerprint density at radius 1 is 1.10 bits per heavy atom. The van der Waals surface area contributed by atoms with Gasteiger partial charge >= 0.3 is 0 Å². The van der Waals surface area contributed by atoms with Crippen LogP contribution in [0.25, 0.3) is 0 Å². The van der Waals surface area contributed by atoms with Gasteiger partial charge in [-0.3, -0.25) is 4.72 Å². The summed E-state index contributed by atoms with van der Waals surface area (Å²) in [4.78, 5) is 2.25. The molecule has 0 unspecified atom stereocenters. The largest absolute Gasteiger partial charge is 0.305 e. The number of nitrogens with zero attached hydrogens (tertiary/aromatic N) is 1.